The topological polar surface area (TPSA) is 69.6 Å². The fraction of sp³-hybridized carbons (Fsp3) is 0.857. The summed E-state index contributed by atoms with van der Waals surface area (Å²) in [6.45, 7) is 4.91. The summed E-state index contributed by atoms with van der Waals surface area (Å²) in [6.07, 6.45) is 4.98. The van der Waals surface area contributed by atoms with Gasteiger partial charge in [0.15, 0.2) is 0 Å². The summed E-state index contributed by atoms with van der Waals surface area (Å²) < 4.78 is 0. The van der Waals surface area contributed by atoms with Gasteiger partial charge in [0.25, 0.3) is 0 Å². The van der Waals surface area contributed by atoms with Gasteiger partial charge in [-0.2, -0.15) is 0 Å². The van der Waals surface area contributed by atoms with Gasteiger partial charge in [-0.05, 0) is 33.1 Å². The predicted molar refractivity (Wildman–Crippen MR) is 71.8 cm³/mol. The van der Waals surface area contributed by atoms with E-state index in [1.165, 1.54) is 12.8 Å². The van der Waals surface area contributed by atoms with E-state index >= 15 is 0 Å². The van der Waals surface area contributed by atoms with E-state index < -0.39 is 5.97 Å². The molecule has 1 unspecified atom stereocenters. The highest BCUT2D eigenvalue weighted by atomic mass is 16.4. The first-order valence-corrected chi connectivity index (χ1v) is 7.20. The molecule has 1 atom stereocenters. The van der Waals surface area contributed by atoms with Gasteiger partial charge in [-0.15, -0.1) is 0 Å². The molecule has 2 fully saturated rings. The molecule has 1 aliphatic carbocycles. The lowest BCUT2D eigenvalue weighted by Crippen LogP contribution is -2.67. The third-order valence-corrected chi connectivity index (χ3v) is 4.31. The van der Waals surface area contributed by atoms with Crippen LogP contribution in [0.3, 0.4) is 0 Å². The van der Waals surface area contributed by atoms with Crippen molar-refractivity contribution in [1.82, 2.24) is 10.2 Å². The van der Waals surface area contributed by atoms with Crippen molar-refractivity contribution in [2.24, 2.45) is 0 Å². The van der Waals surface area contributed by atoms with Crippen LogP contribution in [0.5, 0.6) is 0 Å². The Labute approximate surface area is 114 Å². The van der Waals surface area contributed by atoms with Crippen molar-refractivity contribution in [3.63, 3.8) is 0 Å². The van der Waals surface area contributed by atoms with Gasteiger partial charge in [0.1, 0.15) is 0 Å². The number of amides is 1. The lowest BCUT2D eigenvalue weighted by molar-refractivity contribution is -0.147. The minimum absolute atomic E-state index is 0.0440. The number of rotatable bonds is 4. The van der Waals surface area contributed by atoms with Crippen molar-refractivity contribution in [3.05, 3.63) is 0 Å². The van der Waals surface area contributed by atoms with Crippen LogP contribution in [-0.4, -0.2) is 46.1 Å². The highest BCUT2D eigenvalue weighted by molar-refractivity contribution is 5.84. The number of aliphatic carboxylic acids is 1. The molecule has 1 amide bonds. The monoisotopic (exact) mass is 268 g/mol. The van der Waals surface area contributed by atoms with E-state index in [0.717, 1.165) is 19.4 Å². The van der Waals surface area contributed by atoms with Crippen molar-refractivity contribution >= 4 is 11.9 Å². The predicted octanol–water partition coefficient (Wildman–Crippen LogP) is 1.37. The molecule has 0 aromatic carbocycles. The van der Waals surface area contributed by atoms with Gasteiger partial charge in [0.05, 0.1) is 11.6 Å². The largest absolute Gasteiger partial charge is 0.481 e. The molecule has 1 saturated carbocycles. The second-order valence-electron chi connectivity index (χ2n) is 6.32. The van der Waals surface area contributed by atoms with Crippen molar-refractivity contribution < 1.29 is 14.7 Å². The molecular weight excluding hydrogens is 244 g/mol. The fourth-order valence-electron chi connectivity index (χ4n) is 3.34. The quantitative estimate of drug-likeness (QED) is 0.808. The fourth-order valence-corrected chi connectivity index (χ4v) is 3.34. The van der Waals surface area contributed by atoms with Gasteiger partial charge in [-0.25, -0.2) is 0 Å². The molecule has 2 aliphatic rings. The molecule has 0 radical (unpaired) electrons. The van der Waals surface area contributed by atoms with Crippen molar-refractivity contribution in [1.29, 1.82) is 0 Å². The zero-order chi connectivity index (χ0) is 14.0. The number of nitrogens with one attached hydrogen (secondary N) is 1. The summed E-state index contributed by atoms with van der Waals surface area (Å²) in [5.41, 5.74) is -0.175. The summed E-state index contributed by atoms with van der Waals surface area (Å²) in [7, 11) is 0. The van der Waals surface area contributed by atoms with Crippen LogP contribution in [0.4, 0.5) is 0 Å². The summed E-state index contributed by atoms with van der Waals surface area (Å²) in [4.78, 5) is 25.3. The normalized spacial score (nSPS) is 27.8. The van der Waals surface area contributed by atoms with Crippen LogP contribution in [0.15, 0.2) is 0 Å². The third-order valence-electron chi connectivity index (χ3n) is 4.31. The van der Waals surface area contributed by atoms with Crippen LogP contribution in [0, 0.1) is 0 Å². The molecule has 0 aromatic heterocycles. The lowest BCUT2D eigenvalue weighted by atomic mass is 9.92. The second kappa shape index (κ2) is 5.49. The molecule has 1 heterocycles. The van der Waals surface area contributed by atoms with Crippen LogP contribution < -0.4 is 5.32 Å². The van der Waals surface area contributed by atoms with Crippen LogP contribution in [0.2, 0.25) is 0 Å². The Bertz CT molecular complexity index is 362. The van der Waals surface area contributed by atoms with E-state index in [1.807, 2.05) is 4.90 Å². The van der Waals surface area contributed by atoms with Crippen LogP contribution in [0.1, 0.15) is 52.4 Å². The average molecular weight is 268 g/mol. The standard InChI is InChI=1S/C14H24N2O3/c1-14(2)9-15-11(7-8-12(17)18)13(19)16(14)10-5-3-4-6-10/h10-11,15H,3-9H2,1-2H3,(H,17,18). The smallest absolute Gasteiger partial charge is 0.303 e. The minimum Gasteiger partial charge on any atom is -0.481 e. The maximum atomic E-state index is 12.6. The van der Waals surface area contributed by atoms with Crippen LogP contribution >= 0.6 is 0 Å². The van der Waals surface area contributed by atoms with Gasteiger partial charge >= 0.3 is 5.97 Å². The number of hydrogen-bond donors (Lipinski definition) is 2. The minimum atomic E-state index is -0.841. The van der Waals surface area contributed by atoms with Crippen molar-refractivity contribution in [2.45, 2.75) is 70.0 Å². The summed E-state index contributed by atoms with van der Waals surface area (Å²) in [6, 6.07) is 0.0154. The SMILES string of the molecule is CC1(C)CNC(CCC(=O)O)C(=O)N1C1CCCC1. The molecule has 2 N–H and O–H groups in total. The molecular formula is C14H24N2O3. The first-order chi connectivity index (χ1) is 8.92. The summed E-state index contributed by atoms with van der Waals surface area (Å²) >= 11 is 0. The Hall–Kier alpha value is -1.10. The van der Waals surface area contributed by atoms with E-state index in [2.05, 4.69) is 19.2 Å². The maximum Gasteiger partial charge on any atom is 0.303 e. The van der Waals surface area contributed by atoms with Gasteiger partial charge in [-0.1, -0.05) is 12.8 Å². The number of carboxylic acid groups (broad SMARTS) is 1. The first kappa shape index (κ1) is 14.3. The van der Waals surface area contributed by atoms with E-state index in [0.29, 0.717) is 12.5 Å². The van der Waals surface area contributed by atoms with Crippen LogP contribution in [0.25, 0.3) is 0 Å². The Kier molecular flexibility index (Phi) is 4.13. The zero-order valence-corrected chi connectivity index (χ0v) is 11.8. The van der Waals surface area contributed by atoms with E-state index in [9.17, 15) is 9.59 Å². The molecule has 2 rings (SSSR count). The molecule has 1 aliphatic heterocycles. The summed E-state index contributed by atoms with van der Waals surface area (Å²) in [5.74, 6) is -0.753. The van der Waals surface area contributed by atoms with Gasteiger partial charge in [0, 0.05) is 19.0 Å². The van der Waals surface area contributed by atoms with Crippen LogP contribution in [-0.2, 0) is 9.59 Å². The zero-order valence-electron chi connectivity index (χ0n) is 11.8. The number of nitrogens with zero attached hydrogens (tertiary/aromatic N) is 1. The molecule has 5 heteroatoms. The van der Waals surface area contributed by atoms with Crippen molar-refractivity contribution in [3.8, 4) is 0 Å². The van der Waals surface area contributed by atoms with Gasteiger partial charge < -0.3 is 15.3 Å². The molecule has 108 valence electrons. The van der Waals surface area contributed by atoms with Gasteiger partial charge in [0.2, 0.25) is 5.91 Å². The second-order valence-corrected chi connectivity index (χ2v) is 6.32. The average Bonchev–Trinajstić information content (AvgIpc) is 2.80. The lowest BCUT2D eigenvalue weighted by Gasteiger charge is -2.49. The number of piperazine rings is 1. The number of hydrogen-bond acceptors (Lipinski definition) is 3. The molecule has 0 bridgehead atoms. The highest BCUT2D eigenvalue weighted by Crippen LogP contribution is 2.32. The number of carboxylic acids is 1. The third kappa shape index (κ3) is 3.08. The Morgan fingerprint density at radius 3 is 2.63 bits per heavy atom. The molecule has 19 heavy (non-hydrogen) atoms. The van der Waals surface area contributed by atoms with Crippen molar-refractivity contribution in [2.75, 3.05) is 6.54 Å². The molecule has 0 aromatic rings. The maximum absolute atomic E-state index is 12.6. The van der Waals surface area contributed by atoms with E-state index in [-0.39, 0.29) is 23.9 Å². The molecule has 5 nitrogen and oxygen atoms in total. The molecule has 1 saturated heterocycles. The Balaban J connectivity index is 2.07. The number of carbonyl (C=O) groups excluding carboxylic acids is 1. The Morgan fingerprint density at radius 1 is 1.42 bits per heavy atom. The summed E-state index contributed by atoms with van der Waals surface area (Å²) in [5, 5.41) is 12.0. The van der Waals surface area contributed by atoms with Gasteiger partial charge in [-0.3, -0.25) is 9.59 Å². The number of carbonyl (C=O) groups is 2. The van der Waals surface area contributed by atoms with E-state index in [1.54, 1.807) is 0 Å². The van der Waals surface area contributed by atoms with E-state index in [4.69, 9.17) is 5.11 Å². The first-order valence-electron chi connectivity index (χ1n) is 7.20. The Morgan fingerprint density at radius 2 is 2.05 bits per heavy atom. The highest BCUT2D eigenvalue weighted by Gasteiger charge is 2.43. The molecule has 0 spiro atoms.